The second-order valence-corrected chi connectivity index (χ2v) is 3.63. The van der Waals surface area contributed by atoms with E-state index in [-0.39, 0.29) is 0 Å². The summed E-state index contributed by atoms with van der Waals surface area (Å²) in [6.07, 6.45) is 0.965. The SMILES string of the molecule is CC#CCC(NC)C(C)C(C)C. The van der Waals surface area contributed by atoms with E-state index in [1.807, 2.05) is 14.0 Å². The molecule has 0 aromatic rings. The van der Waals surface area contributed by atoms with Gasteiger partial charge in [0.1, 0.15) is 0 Å². The third-order valence-electron chi connectivity index (χ3n) is 2.56. The molecule has 0 rings (SSSR count). The summed E-state index contributed by atoms with van der Waals surface area (Å²) in [5, 5.41) is 3.32. The fraction of sp³-hybridized carbons (Fsp3) is 0.818. The van der Waals surface area contributed by atoms with Gasteiger partial charge in [0, 0.05) is 12.5 Å². The Balaban J connectivity index is 4.01. The van der Waals surface area contributed by atoms with Crippen LogP contribution in [0.15, 0.2) is 0 Å². The van der Waals surface area contributed by atoms with Crippen LogP contribution in [0.3, 0.4) is 0 Å². The second kappa shape index (κ2) is 6.08. The quantitative estimate of drug-likeness (QED) is 0.633. The summed E-state index contributed by atoms with van der Waals surface area (Å²) in [6.45, 7) is 8.69. The Labute approximate surface area is 76.9 Å². The molecule has 1 nitrogen and oxygen atoms in total. The van der Waals surface area contributed by atoms with Crippen LogP contribution < -0.4 is 5.32 Å². The molecule has 70 valence electrons. The van der Waals surface area contributed by atoms with Gasteiger partial charge in [0.25, 0.3) is 0 Å². The molecule has 0 aliphatic rings. The summed E-state index contributed by atoms with van der Waals surface area (Å²) >= 11 is 0. The Morgan fingerprint density at radius 2 is 1.83 bits per heavy atom. The zero-order valence-electron chi connectivity index (χ0n) is 8.94. The lowest BCUT2D eigenvalue weighted by Crippen LogP contribution is -2.34. The van der Waals surface area contributed by atoms with Gasteiger partial charge < -0.3 is 5.32 Å². The number of hydrogen-bond acceptors (Lipinski definition) is 1. The number of rotatable bonds is 4. The van der Waals surface area contributed by atoms with Crippen molar-refractivity contribution in [1.82, 2.24) is 5.32 Å². The molecule has 12 heavy (non-hydrogen) atoms. The molecule has 0 fully saturated rings. The zero-order chi connectivity index (χ0) is 9.56. The minimum absolute atomic E-state index is 0.539. The summed E-state index contributed by atoms with van der Waals surface area (Å²) in [4.78, 5) is 0. The fourth-order valence-corrected chi connectivity index (χ4v) is 1.23. The van der Waals surface area contributed by atoms with Crippen molar-refractivity contribution in [3.8, 4) is 11.8 Å². The lowest BCUT2D eigenvalue weighted by molar-refractivity contribution is 0.315. The van der Waals surface area contributed by atoms with Gasteiger partial charge in [0.15, 0.2) is 0 Å². The molecule has 0 saturated heterocycles. The molecule has 0 saturated carbocycles. The summed E-state index contributed by atoms with van der Waals surface area (Å²) in [5.74, 6) is 7.47. The summed E-state index contributed by atoms with van der Waals surface area (Å²) < 4.78 is 0. The van der Waals surface area contributed by atoms with Crippen LogP contribution in [0.25, 0.3) is 0 Å². The molecule has 0 aromatic carbocycles. The summed E-state index contributed by atoms with van der Waals surface area (Å²) in [6, 6.07) is 0.539. The Morgan fingerprint density at radius 3 is 2.17 bits per heavy atom. The molecule has 1 N–H and O–H groups in total. The van der Waals surface area contributed by atoms with Crippen molar-refractivity contribution >= 4 is 0 Å². The van der Waals surface area contributed by atoms with Crippen molar-refractivity contribution in [3.05, 3.63) is 0 Å². The van der Waals surface area contributed by atoms with E-state index in [1.54, 1.807) is 0 Å². The van der Waals surface area contributed by atoms with Gasteiger partial charge in [-0.05, 0) is 25.8 Å². The molecule has 0 radical (unpaired) electrons. The Morgan fingerprint density at radius 1 is 1.25 bits per heavy atom. The molecule has 1 heteroatoms. The molecule has 0 aromatic heterocycles. The fourth-order valence-electron chi connectivity index (χ4n) is 1.23. The van der Waals surface area contributed by atoms with Crippen molar-refractivity contribution in [2.45, 2.75) is 40.2 Å². The van der Waals surface area contributed by atoms with Gasteiger partial charge in [0.05, 0.1) is 0 Å². The molecule has 0 amide bonds. The van der Waals surface area contributed by atoms with Gasteiger partial charge in [-0.3, -0.25) is 0 Å². The highest BCUT2D eigenvalue weighted by atomic mass is 14.9. The highest BCUT2D eigenvalue weighted by Crippen LogP contribution is 2.16. The first-order valence-electron chi connectivity index (χ1n) is 4.70. The van der Waals surface area contributed by atoms with E-state index in [9.17, 15) is 0 Å². The van der Waals surface area contributed by atoms with Crippen molar-refractivity contribution in [2.24, 2.45) is 11.8 Å². The molecule has 0 heterocycles. The minimum Gasteiger partial charge on any atom is -0.316 e. The normalized spacial score (nSPS) is 15.2. The predicted molar refractivity (Wildman–Crippen MR) is 54.9 cm³/mol. The molecule has 0 bridgehead atoms. The van der Waals surface area contributed by atoms with Crippen molar-refractivity contribution in [3.63, 3.8) is 0 Å². The highest BCUT2D eigenvalue weighted by Gasteiger charge is 2.16. The van der Waals surface area contributed by atoms with Gasteiger partial charge in [-0.1, -0.05) is 20.8 Å². The topological polar surface area (TPSA) is 12.0 Å². The van der Waals surface area contributed by atoms with Gasteiger partial charge in [-0.2, -0.15) is 0 Å². The van der Waals surface area contributed by atoms with Crippen molar-refractivity contribution < 1.29 is 0 Å². The third kappa shape index (κ3) is 3.78. The van der Waals surface area contributed by atoms with Crippen molar-refractivity contribution in [1.29, 1.82) is 0 Å². The predicted octanol–water partition coefficient (Wildman–Crippen LogP) is 2.28. The maximum atomic E-state index is 3.32. The molecular weight excluding hydrogens is 146 g/mol. The van der Waals surface area contributed by atoms with Crippen molar-refractivity contribution in [2.75, 3.05) is 7.05 Å². The lowest BCUT2D eigenvalue weighted by Gasteiger charge is -2.24. The lowest BCUT2D eigenvalue weighted by atomic mass is 9.89. The molecule has 2 unspecified atom stereocenters. The maximum absolute atomic E-state index is 3.32. The number of nitrogens with one attached hydrogen (secondary N) is 1. The number of hydrogen-bond donors (Lipinski definition) is 1. The second-order valence-electron chi connectivity index (χ2n) is 3.63. The van der Waals surface area contributed by atoms with Crippen LogP contribution in [-0.4, -0.2) is 13.1 Å². The molecular formula is C11H21N. The van der Waals surface area contributed by atoms with E-state index < -0.39 is 0 Å². The monoisotopic (exact) mass is 167 g/mol. The van der Waals surface area contributed by atoms with E-state index in [0.717, 1.165) is 12.3 Å². The first kappa shape index (κ1) is 11.5. The zero-order valence-corrected chi connectivity index (χ0v) is 8.94. The summed E-state index contributed by atoms with van der Waals surface area (Å²) in [5.41, 5.74) is 0. The average Bonchev–Trinajstić information content (AvgIpc) is 2.05. The molecule has 0 spiro atoms. The van der Waals surface area contributed by atoms with E-state index >= 15 is 0 Å². The van der Waals surface area contributed by atoms with Crippen LogP contribution in [0.5, 0.6) is 0 Å². The Hall–Kier alpha value is -0.480. The first-order valence-corrected chi connectivity index (χ1v) is 4.70. The highest BCUT2D eigenvalue weighted by molar-refractivity contribution is 4.99. The Bertz CT molecular complexity index is 162. The maximum Gasteiger partial charge on any atom is 0.0245 e. The van der Waals surface area contributed by atoms with Gasteiger partial charge in [-0.25, -0.2) is 0 Å². The molecule has 2 atom stereocenters. The Kier molecular flexibility index (Phi) is 5.84. The van der Waals surface area contributed by atoms with E-state index in [2.05, 4.69) is 37.9 Å². The van der Waals surface area contributed by atoms with E-state index in [4.69, 9.17) is 0 Å². The van der Waals surface area contributed by atoms with Gasteiger partial charge in [-0.15, -0.1) is 11.8 Å². The largest absolute Gasteiger partial charge is 0.316 e. The van der Waals surface area contributed by atoms with Crippen LogP contribution in [0, 0.1) is 23.7 Å². The first-order chi connectivity index (χ1) is 5.63. The van der Waals surface area contributed by atoms with Crippen LogP contribution in [-0.2, 0) is 0 Å². The smallest absolute Gasteiger partial charge is 0.0245 e. The average molecular weight is 167 g/mol. The third-order valence-corrected chi connectivity index (χ3v) is 2.56. The van der Waals surface area contributed by atoms with E-state index in [1.165, 1.54) is 0 Å². The standard InChI is InChI=1S/C11H21N/c1-6-7-8-11(12-5)10(4)9(2)3/h9-12H,8H2,1-5H3. The van der Waals surface area contributed by atoms with Crippen LogP contribution in [0.2, 0.25) is 0 Å². The van der Waals surface area contributed by atoms with Crippen LogP contribution in [0.1, 0.15) is 34.1 Å². The van der Waals surface area contributed by atoms with Crippen LogP contribution in [0.4, 0.5) is 0 Å². The van der Waals surface area contributed by atoms with Crippen LogP contribution >= 0.6 is 0 Å². The van der Waals surface area contributed by atoms with Gasteiger partial charge >= 0.3 is 0 Å². The summed E-state index contributed by atoms with van der Waals surface area (Å²) in [7, 11) is 2.01. The molecule has 0 aliphatic carbocycles. The van der Waals surface area contributed by atoms with E-state index in [0.29, 0.717) is 12.0 Å². The molecule has 0 aliphatic heterocycles. The van der Waals surface area contributed by atoms with Gasteiger partial charge in [0.2, 0.25) is 0 Å². The minimum atomic E-state index is 0.539.